The van der Waals surface area contributed by atoms with Gasteiger partial charge in [-0.15, -0.1) is 11.3 Å². The monoisotopic (exact) mass is 412 g/mol. The smallest absolute Gasteiger partial charge is 0.262 e. The van der Waals surface area contributed by atoms with Crippen molar-refractivity contribution in [1.29, 1.82) is 0 Å². The Bertz CT molecular complexity index is 893. The number of likely N-dealkylation sites (N-methyl/N-ethyl adjacent to an activating group) is 1. The predicted octanol–water partition coefficient (Wildman–Crippen LogP) is 1.68. The van der Waals surface area contributed by atoms with Gasteiger partial charge in [-0.25, -0.2) is 0 Å². The standard InChI is InChI=1S/C22H25N3O3S/c1-25(2)18(19-10-6-12-28-19)15-23-21(26)17(14-16-8-4-3-5-9-16)24-22(27)20-11-7-13-29-20/h3-13,17-18H,14-15H2,1-2H3,(H,23,26)(H,24,27)/p+1/t17-,18-/m1/s1. The summed E-state index contributed by atoms with van der Waals surface area (Å²) >= 11 is 1.35. The summed E-state index contributed by atoms with van der Waals surface area (Å²) in [4.78, 5) is 27.3. The highest BCUT2D eigenvalue weighted by atomic mass is 32.1. The number of thiophene rings is 1. The van der Waals surface area contributed by atoms with Crippen LogP contribution in [0.4, 0.5) is 0 Å². The Balaban J connectivity index is 1.70. The zero-order chi connectivity index (χ0) is 20.6. The van der Waals surface area contributed by atoms with E-state index in [-0.39, 0.29) is 17.9 Å². The second-order valence-corrected chi connectivity index (χ2v) is 8.03. The minimum absolute atomic E-state index is 0.0145. The molecule has 29 heavy (non-hydrogen) atoms. The fourth-order valence-electron chi connectivity index (χ4n) is 3.10. The molecule has 3 rings (SSSR count). The molecule has 2 heterocycles. The quantitative estimate of drug-likeness (QED) is 0.501. The van der Waals surface area contributed by atoms with Gasteiger partial charge in [0.1, 0.15) is 6.04 Å². The first kappa shape index (κ1) is 20.8. The number of carbonyl (C=O) groups is 2. The van der Waals surface area contributed by atoms with Crippen molar-refractivity contribution in [3.63, 3.8) is 0 Å². The van der Waals surface area contributed by atoms with Crippen molar-refractivity contribution in [2.24, 2.45) is 0 Å². The molecule has 6 nitrogen and oxygen atoms in total. The summed E-state index contributed by atoms with van der Waals surface area (Å²) < 4.78 is 5.52. The number of carbonyl (C=O) groups excluding carboxylic acids is 2. The molecule has 0 fully saturated rings. The summed E-state index contributed by atoms with van der Waals surface area (Å²) in [5.41, 5.74) is 0.986. The average Bonchev–Trinajstić information content (AvgIpc) is 3.42. The van der Waals surface area contributed by atoms with E-state index in [2.05, 4.69) is 10.6 Å². The average molecular weight is 413 g/mol. The van der Waals surface area contributed by atoms with Crippen LogP contribution in [0, 0.1) is 0 Å². The molecular formula is C22H26N3O3S+. The molecule has 0 unspecified atom stereocenters. The van der Waals surface area contributed by atoms with Gasteiger partial charge in [0.25, 0.3) is 5.91 Å². The Labute approximate surface area is 174 Å². The Morgan fingerprint density at radius 2 is 1.86 bits per heavy atom. The number of benzene rings is 1. The van der Waals surface area contributed by atoms with Crippen LogP contribution >= 0.6 is 11.3 Å². The second kappa shape index (κ2) is 10.0. The molecule has 0 aliphatic rings. The van der Waals surface area contributed by atoms with Gasteiger partial charge in [0, 0.05) is 6.42 Å². The maximum atomic E-state index is 13.0. The summed E-state index contributed by atoms with van der Waals surface area (Å²) in [7, 11) is 4.03. The summed E-state index contributed by atoms with van der Waals surface area (Å²) in [5.74, 6) is 0.362. The van der Waals surface area contributed by atoms with E-state index in [1.807, 2.05) is 68.0 Å². The Morgan fingerprint density at radius 3 is 2.48 bits per heavy atom. The highest BCUT2D eigenvalue weighted by Crippen LogP contribution is 2.11. The number of hydrogen-bond acceptors (Lipinski definition) is 4. The SMILES string of the molecule is C[NH+](C)[C@H](CNC(=O)[C@@H](Cc1ccccc1)NC(=O)c1cccs1)c1ccco1. The van der Waals surface area contributed by atoms with Crippen LogP contribution in [0.25, 0.3) is 0 Å². The number of hydrogen-bond donors (Lipinski definition) is 3. The van der Waals surface area contributed by atoms with E-state index in [9.17, 15) is 9.59 Å². The van der Waals surface area contributed by atoms with Crippen molar-refractivity contribution in [2.75, 3.05) is 20.6 Å². The largest absolute Gasteiger partial charge is 0.463 e. The fraction of sp³-hybridized carbons (Fsp3) is 0.273. The van der Waals surface area contributed by atoms with Crippen molar-refractivity contribution in [2.45, 2.75) is 18.5 Å². The molecule has 2 atom stereocenters. The maximum Gasteiger partial charge on any atom is 0.262 e. The molecule has 0 aliphatic heterocycles. The minimum Gasteiger partial charge on any atom is -0.463 e. The molecular weight excluding hydrogens is 386 g/mol. The van der Waals surface area contributed by atoms with E-state index in [1.165, 1.54) is 11.3 Å². The molecule has 0 bridgehead atoms. The van der Waals surface area contributed by atoms with Gasteiger partial charge in [-0.1, -0.05) is 36.4 Å². The molecule has 0 radical (unpaired) electrons. The third-order valence-electron chi connectivity index (χ3n) is 4.71. The van der Waals surface area contributed by atoms with Gasteiger partial charge in [-0.3, -0.25) is 9.59 Å². The van der Waals surface area contributed by atoms with Crippen molar-refractivity contribution < 1.29 is 18.9 Å². The van der Waals surface area contributed by atoms with Crippen molar-refractivity contribution in [1.82, 2.24) is 10.6 Å². The number of amides is 2. The molecule has 2 amide bonds. The van der Waals surface area contributed by atoms with Crippen LogP contribution in [0.15, 0.2) is 70.7 Å². The first-order valence-electron chi connectivity index (χ1n) is 9.54. The van der Waals surface area contributed by atoms with Gasteiger partial charge in [-0.2, -0.15) is 0 Å². The minimum atomic E-state index is -0.665. The highest BCUT2D eigenvalue weighted by Gasteiger charge is 2.26. The summed E-state index contributed by atoms with van der Waals surface area (Å²) in [6.45, 7) is 0.412. The van der Waals surface area contributed by atoms with Gasteiger partial charge in [0.15, 0.2) is 11.8 Å². The number of rotatable bonds is 9. The van der Waals surface area contributed by atoms with E-state index in [4.69, 9.17) is 4.42 Å². The molecule has 1 aromatic carbocycles. The van der Waals surface area contributed by atoms with Crippen molar-refractivity contribution >= 4 is 23.2 Å². The number of furan rings is 1. The summed E-state index contributed by atoms with van der Waals surface area (Å²) in [5, 5.41) is 7.72. The highest BCUT2D eigenvalue weighted by molar-refractivity contribution is 7.12. The van der Waals surface area contributed by atoms with Crippen LogP contribution < -0.4 is 15.5 Å². The van der Waals surface area contributed by atoms with E-state index in [0.29, 0.717) is 17.8 Å². The van der Waals surface area contributed by atoms with E-state index < -0.39 is 6.04 Å². The summed E-state index contributed by atoms with van der Waals surface area (Å²) in [6, 6.07) is 16.3. The zero-order valence-electron chi connectivity index (χ0n) is 16.6. The van der Waals surface area contributed by atoms with Gasteiger partial charge in [0.05, 0.1) is 31.8 Å². The van der Waals surface area contributed by atoms with Gasteiger partial charge in [-0.05, 0) is 29.1 Å². The molecule has 0 saturated heterocycles. The van der Waals surface area contributed by atoms with Crippen LogP contribution in [0.3, 0.4) is 0 Å². The Kier molecular flexibility index (Phi) is 7.21. The van der Waals surface area contributed by atoms with Crippen LogP contribution in [-0.2, 0) is 11.2 Å². The Hall–Kier alpha value is -2.90. The van der Waals surface area contributed by atoms with E-state index >= 15 is 0 Å². The van der Waals surface area contributed by atoms with E-state index in [0.717, 1.165) is 16.2 Å². The second-order valence-electron chi connectivity index (χ2n) is 7.08. The maximum absolute atomic E-state index is 13.0. The van der Waals surface area contributed by atoms with Gasteiger partial charge < -0.3 is 20.0 Å². The molecule has 3 aromatic rings. The Morgan fingerprint density at radius 1 is 1.07 bits per heavy atom. The number of nitrogens with one attached hydrogen (secondary N) is 3. The lowest BCUT2D eigenvalue weighted by Gasteiger charge is -2.22. The van der Waals surface area contributed by atoms with Crippen LogP contribution in [0.2, 0.25) is 0 Å². The fourth-order valence-corrected chi connectivity index (χ4v) is 3.73. The lowest BCUT2D eigenvalue weighted by Crippen LogP contribution is -3.07. The lowest BCUT2D eigenvalue weighted by molar-refractivity contribution is -0.891. The summed E-state index contributed by atoms with van der Waals surface area (Å²) in [6.07, 6.45) is 2.05. The normalized spacial score (nSPS) is 13.1. The van der Waals surface area contributed by atoms with Crippen LogP contribution in [-0.4, -0.2) is 38.5 Å². The predicted molar refractivity (Wildman–Crippen MR) is 113 cm³/mol. The molecule has 3 N–H and O–H groups in total. The van der Waals surface area contributed by atoms with Gasteiger partial charge >= 0.3 is 0 Å². The topological polar surface area (TPSA) is 75.8 Å². The molecule has 152 valence electrons. The molecule has 0 aliphatic carbocycles. The molecule has 2 aromatic heterocycles. The van der Waals surface area contributed by atoms with Gasteiger partial charge in [0.2, 0.25) is 5.91 Å². The third kappa shape index (κ3) is 5.79. The first-order valence-corrected chi connectivity index (χ1v) is 10.4. The number of quaternary nitrogens is 1. The van der Waals surface area contributed by atoms with Crippen molar-refractivity contribution in [3.8, 4) is 0 Å². The van der Waals surface area contributed by atoms with Crippen LogP contribution in [0.1, 0.15) is 27.0 Å². The molecule has 7 heteroatoms. The molecule has 0 saturated carbocycles. The van der Waals surface area contributed by atoms with Crippen molar-refractivity contribution in [3.05, 3.63) is 82.4 Å². The third-order valence-corrected chi connectivity index (χ3v) is 5.58. The lowest BCUT2D eigenvalue weighted by atomic mass is 10.0. The first-order chi connectivity index (χ1) is 14.0. The zero-order valence-corrected chi connectivity index (χ0v) is 17.4. The van der Waals surface area contributed by atoms with E-state index in [1.54, 1.807) is 12.3 Å². The van der Waals surface area contributed by atoms with Crippen LogP contribution in [0.5, 0.6) is 0 Å². The molecule has 0 spiro atoms.